The second-order valence-electron chi connectivity index (χ2n) is 9.44. The van der Waals surface area contributed by atoms with Crippen LogP contribution in [-0.4, -0.2) is 35.2 Å². The van der Waals surface area contributed by atoms with Crippen LogP contribution >= 0.6 is 0 Å². The number of imide groups is 1. The van der Waals surface area contributed by atoms with Crippen molar-refractivity contribution in [3.05, 3.63) is 124 Å². The maximum absolute atomic E-state index is 13.3. The van der Waals surface area contributed by atoms with Crippen molar-refractivity contribution in [2.45, 2.75) is 13.8 Å². The summed E-state index contributed by atoms with van der Waals surface area (Å²) in [7, 11) is 0. The number of hydrogen-bond acceptors (Lipinski definition) is 6. The van der Waals surface area contributed by atoms with Crippen molar-refractivity contribution >= 4 is 52.3 Å². The Labute approximate surface area is 234 Å². The van der Waals surface area contributed by atoms with Gasteiger partial charge in [0.2, 0.25) is 0 Å². The van der Waals surface area contributed by atoms with Crippen LogP contribution in [-0.2, 0) is 0 Å². The molecule has 5 rings (SSSR count). The summed E-state index contributed by atoms with van der Waals surface area (Å²) in [5.41, 5.74) is 1.93. The maximum Gasteiger partial charge on any atom is 0.266 e. The van der Waals surface area contributed by atoms with E-state index in [1.807, 2.05) is 0 Å². The molecule has 4 aromatic carbocycles. The van der Waals surface area contributed by atoms with E-state index in [0.29, 0.717) is 22.5 Å². The lowest BCUT2D eigenvalue weighted by molar-refractivity contribution is 0.0920. The minimum absolute atomic E-state index is 0.00470. The van der Waals surface area contributed by atoms with Crippen LogP contribution in [0, 0.1) is 0 Å². The van der Waals surface area contributed by atoms with Crippen LogP contribution in [0.3, 0.4) is 0 Å². The zero-order valence-corrected chi connectivity index (χ0v) is 22.1. The van der Waals surface area contributed by atoms with E-state index in [9.17, 15) is 28.8 Å². The van der Waals surface area contributed by atoms with E-state index in [4.69, 9.17) is 0 Å². The van der Waals surface area contributed by atoms with Gasteiger partial charge in [0.1, 0.15) is 0 Å². The number of carbonyl (C=O) groups excluding carboxylic acids is 6. The third kappa shape index (κ3) is 5.41. The molecule has 202 valence electrons. The molecule has 0 spiro atoms. The highest BCUT2D eigenvalue weighted by molar-refractivity contribution is 6.34. The zero-order chi connectivity index (χ0) is 29.3. The molecule has 0 saturated carbocycles. The van der Waals surface area contributed by atoms with Crippen molar-refractivity contribution in [2.75, 3.05) is 15.5 Å². The quantitative estimate of drug-likeness (QED) is 0.236. The smallest absolute Gasteiger partial charge is 0.266 e. The summed E-state index contributed by atoms with van der Waals surface area (Å²) >= 11 is 0. The molecule has 2 N–H and O–H groups in total. The molecule has 1 aliphatic heterocycles. The topological polar surface area (TPSA) is 130 Å². The number of carbonyl (C=O) groups is 6. The summed E-state index contributed by atoms with van der Waals surface area (Å²) in [4.78, 5) is 77.6. The monoisotopic (exact) mass is 545 g/mol. The number of nitrogens with one attached hydrogen (secondary N) is 2. The highest BCUT2D eigenvalue weighted by Crippen LogP contribution is 2.30. The average Bonchev–Trinajstić information content (AvgIpc) is 3.22. The summed E-state index contributed by atoms with van der Waals surface area (Å²) in [6.45, 7) is 2.81. The Hall–Kier alpha value is -5.70. The Balaban J connectivity index is 1.54. The van der Waals surface area contributed by atoms with E-state index < -0.39 is 23.6 Å². The highest BCUT2D eigenvalue weighted by atomic mass is 16.2. The molecule has 9 nitrogen and oxygen atoms in total. The summed E-state index contributed by atoms with van der Waals surface area (Å²) in [5, 5.41) is 5.40. The van der Waals surface area contributed by atoms with Crippen LogP contribution in [0.1, 0.15) is 76.0 Å². The number of anilines is 3. The minimum Gasteiger partial charge on any atom is -0.322 e. The molecule has 0 saturated heterocycles. The molecule has 9 heteroatoms. The Morgan fingerprint density at radius 3 is 1.39 bits per heavy atom. The van der Waals surface area contributed by atoms with Crippen LogP contribution in [0.4, 0.5) is 17.1 Å². The zero-order valence-electron chi connectivity index (χ0n) is 22.1. The Morgan fingerprint density at radius 2 is 0.976 bits per heavy atom. The Kier molecular flexibility index (Phi) is 7.09. The van der Waals surface area contributed by atoms with Gasteiger partial charge in [0.15, 0.2) is 11.6 Å². The summed E-state index contributed by atoms with van der Waals surface area (Å²) in [5.74, 6) is -2.78. The molecule has 4 aromatic rings. The fourth-order valence-corrected chi connectivity index (χ4v) is 4.46. The highest BCUT2D eigenvalue weighted by Gasteiger charge is 2.37. The molecule has 41 heavy (non-hydrogen) atoms. The van der Waals surface area contributed by atoms with Crippen LogP contribution in [0.2, 0.25) is 0 Å². The van der Waals surface area contributed by atoms with Gasteiger partial charge in [-0.25, -0.2) is 4.90 Å². The fraction of sp³-hybridized carbons (Fsp3) is 0.0625. The van der Waals surface area contributed by atoms with Gasteiger partial charge >= 0.3 is 0 Å². The number of fused-ring (bicyclic) bond motifs is 1. The number of rotatable bonds is 7. The number of amides is 4. The first-order chi connectivity index (χ1) is 19.6. The molecule has 1 aliphatic rings. The summed E-state index contributed by atoms with van der Waals surface area (Å²) in [6.07, 6.45) is 0. The summed E-state index contributed by atoms with van der Waals surface area (Å²) < 4.78 is 0. The molecular weight excluding hydrogens is 522 g/mol. The van der Waals surface area contributed by atoms with E-state index in [0.717, 1.165) is 4.90 Å². The molecule has 4 amide bonds. The first kappa shape index (κ1) is 26.9. The van der Waals surface area contributed by atoms with Crippen molar-refractivity contribution in [1.29, 1.82) is 0 Å². The molecule has 0 aliphatic carbocycles. The van der Waals surface area contributed by atoms with Gasteiger partial charge in [-0.15, -0.1) is 0 Å². The van der Waals surface area contributed by atoms with Crippen molar-refractivity contribution in [3.63, 3.8) is 0 Å². The first-order valence-corrected chi connectivity index (χ1v) is 12.6. The van der Waals surface area contributed by atoms with Crippen LogP contribution in [0.25, 0.3) is 0 Å². The van der Waals surface area contributed by atoms with Gasteiger partial charge in [-0.1, -0.05) is 36.4 Å². The maximum atomic E-state index is 13.3. The van der Waals surface area contributed by atoms with Gasteiger partial charge in [-0.3, -0.25) is 28.8 Å². The number of nitrogens with zero attached hydrogens (tertiary/aromatic N) is 1. The van der Waals surface area contributed by atoms with E-state index in [2.05, 4.69) is 10.6 Å². The molecule has 0 aromatic heterocycles. The molecule has 0 bridgehead atoms. The van der Waals surface area contributed by atoms with Crippen molar-refractivity contribution < 1.29 is 28.8 Å². The van der Waals surface area contributed by atoms with Crippen LogP contribution in [0.5, 0.6) is 0 Å². The second kappa shape index (κ2) is 10.8. The van der Waals surface area contributed by atoms with E-state index in [1.165, 1.54) is 56.3 Å². The molecule has 0 fully saturated rings. The molecule has 0 atom stereocenters. The van der Waals surface area contributed by atoms with Crippen molar-refractivity contribution in [1.82, 2.24) is 0 Å². The molecule has 0 unspecified atom stereocenters. The number of Topliss-reactive ketones (excluding diaryl/α,β-unsaturated/α-hetero) is 2. The predicted octanol–water partition coefficient (Wildman–Crippen LogP) is 5.40. The van der Waals surface area contributed by atoms with Gasteiger partial charge in [0, 0.05) is 33.6 Å². The number of hydrogen-bond donors (Lipinski definition) is 2. The van der Waals surface area contributed by atoms with Crippen molar-refractivity contribution in [2.24, 2.45) is 0 Å². The van der Waals surface area contributed by atoms with E-state index in [1.54, 1.807) is 48.5 Å². The second-order valence-corrected chi connectivity index (χ2v) is 9.44. The SMILES string of the molecule is CC(=O)c1cccc(NC(=O)c2cc(C(=O)Nc3cccc(C(C)=O)c3)cc(N3C(=O)c4ccccc4C3=O)c2)c1. The lowest BCUT2D eigenvalue weighted by Gasteiger charge is -2.17. The standard InChI is InChI=1S/C32H23N3O6/c1-18(36)20-7-5-9-24(14-20)33-29(38)22-13-23(30(39)34-25-10-6-8-21(15-25)19(2)37)17-26(16-22)35-31(40)27-11-3-4-12-28(27)32(35)41/h3-17H,1-2H3,(H,33,38)(H,34,39). The average molecular weight is 546 g/mol. The fourth-order valence-electron chi connectivity index (χ4n) is 4.46. The third-order valence-corrected chi connectivity index (χ3v) is 6.55. The largest absolute Gasteiger partial charge is 0.322 e. The third-order valence-electron chi connectivity index (χ3n) is 6.55. The van der Waals surface area contributed by atoms with Crippen LogP contribution in [0.15, 0.2) is 91.0 Å². The lowest BCUT2D eigenvalue weighted by Crippen LogP contribution is -2.30. The predicted molar refractivity (Wildman–Crippen MR) is 153 cm³/mol. The first-order valence-electron chi connectivity index (χ1n) is 12.6. The van der Waals surface area contributed by atoms with Gasteiger partial charge in [-0.05, 0) is 68.4 Å². The lowest BCUT2D eigenvalue weighted by atomic mass is 10.1. The summed E-state index contributed by atoms with van der Waals surface area (Å²) in [6, 6.07) is 23.1. The Bertz CT molecular complexity index is 1670. The number of benzene rings is 4. The van der Waals surface area contributed by atoms with Crippen molar-refractivity contribution in [3.8, 4) is 0 Å². The molecule has 1 heterocycles. The molecule has 0 radical (unpaired) electrons. The van der Waals surface area contributed by atoms with Gasteiger partial charge in [0.05, 0.1) is 16.8 Å². The van der Waals surface area contributed by atoms with Crippen LogP contribution < -0.4 is 15.5 Å². The number of ketones is 2. The Morgan fingerprint density at radius 1 is 0.537 bits per heavy atom. The van der Waals surface area contributed by atoms with E-state index in [-0.39, 0.29) is 39.5 Å². The van der Waals surface area contributed by atoms with E-state index >= 15 is 0 Å². The van der Waals surface area contributed by atoms with Gasteiger partial charge in [-0.2, -0.15) is 0 Å². The van der Waals surface area contributed by atoms with Gasteiger partial charge in [0.25, 0.3) is 23.6 Å². The normalized spacial score (nSPS) is 12.1. The van der Waals surface area contributed by atoms with Gasteiger partial charge < -0.3 is 10.6 Å². The molecular formula is C32H23N3O6. The minimum atomic E-state index is -0.628.